The van der Waals surface area contributed by atoms with Crippen molar-refractivity contribution >= 4 is 29.0 Å². The third kappa shape index (κ3) is 6.40. The molecule has 42 valence electrons. The van der Waals surface area contributed by atoms with Crippen LogP contribution in [0, 0.1) is 0 Å². The van der Waals surface area contributed by atoms with Crippen molar-refractivity contribution in [3.63, 3.8) is 0 Å². The van der Waals surface area contributed by atoms with Crippen LogP contribution in [0.3, 0.4) is 0 Å². The van der Waals surface area contributed by atoms with Gasteiger partial charge in [-0.25, -0.2) is 0 Å². The van der Waals surface area contributed by atoms with Crippen LogP contribution >= 0.6 is 24.8 Å². The molecule has 0 bridgehead atoms. The van der Waals surface area contributed by atoms with Gasteiger partial charge in [0.15, 0.2) is 0 Å². The molecular weight excluding hydrogens is 126 g/mol. The topological polar surface area (TPSA) is 26.0 Å². The molecule has 7 heavy (non-hydrogen) atoms. The smallest absolute Gasteiger partial charge is 0.0448 e. The van der Waals surface area contributed by atoms with E-state index in [0.29, 0.717) is 6.54 Å². The molecule has 0 saturated heterocycles. The van der Waals surface area contributed by atoms with Crippen molar-refractivity contribution < 1.29 is 0 Å². The van der Waals surface area contributed by atoms with E-state index in [2.05, 4.69) is 24.8 Å². The van der Waals surface area contributed by atoms with Gasteiger partial charge in [0.25, 0.3) is 0 Å². The van der Waals surface area contributed by atoms with Crippen LogP contribution in [0.5, 0.6) is 0 Å². The van der Waals surface area contributed by atoms with Crippen molar-refractivity contribution in [2.45, 2.75) is 12.8 Å². The van der Waals surface area contributed by atoms with E-state index in [1.54, 1.807) is 0 Å². The van der Waals surface area contributed by atoms with Gasteiger partial charge in [-0.3, -0.25) is 0 Å². The van der Waals surface area contributed by atoms with Gasteiger partial charge < -0.3 is 5.73 Å². The molecule has 0 amide bonds. The third-order valence-electron chi connectivity index (χ3n) is 0.595. The van der Waals surface area contributed by atoms with E-state index in [4.69, 9.17) is 5.73 Å². The lowest BCUT2D eigenvalue weighted by Crippen LogP contribution is -1.99. The fourth-order valence-corrected chi connectivity index (χ4v) is 0.556. The second-order valence-corrected chi connectivity index (χ2v) is 2.62. The summed E-state index contributed by atoms with van der Waals surface area (Å²) in [6.07, 6.45) is 1.83. The van der Waals surface area contributed by atoms with Gasteiger partial charge in [0.2, 0.25) is 0 Å². The first kappa shape index (κ1) is 7.40. The van der Waals surface area contributed by atoms with Gasteiger partial charge in [0.1, 0.15) is 0 Å². The number of rotatable bonds is 3. The molecule has 3 heteroatoms. The Morgan fingerprint density at radius 2 is 2.29 bits per heavy atom. The maximum absolute atomic E-state index is 5.18. The fraction of sp³-hybridized carbons (Fsp3) is 0.750. The second-order valence-electron chi connectivity index (χ2n) is 1.29. The molecule has 0 aliphatic carbocycles. The number of thiocarbonyl (C=S) groups is 1. The van der Waals surface area contributed by atoms with Gasteiger partial charge in [-0.2, -0.15) is 0 Å². The summed E-state index contributed by atoms with van der Waals surface area (Å²) in [6.45, 7) is 0.709. The summed E-state index contributed by atoms with van der Waals surface area (Å²) >= 11 is 8.58. The molecule has 2 N–H and O–H groups in total. The Balaban J connectivity index is 2.82. The zero-order valence-electron chi connectivity index (χ0n) is 4.05. The highest BCUT2D eigenvalue weighted by Gasteiger charge is 1.84. The highest BCUT2D eigenvalue weighted by molar-refractivity contribution is 8.11. The van der Waals surface area contributed by atoms with Gasteiger partial charge in [-0.15, -0.1) is 12.6 Å². The van der Waals surface area contributed by atoms with Gasteiger partial charge in [0.05, 0.1) is 0 Å². The van der Waals surface area contributed by atoms with E-state index in [1.165, 1.54) is 0 Å². The molecule has 0 heterocycles. The minimum Gasteiger partial charge on any atom is -0.330 e. The Morgan fingerprint density at radius 1 is 1.71 bits per heavy atom. The van der Waals surface area contributed by atoms with Crippen LogP contribution in [0.2, 0.25) is 0 Å². The Kier molecular flexibility index (Phi) is 4.82. The quantitative estimate of drug-likeness (QED) is 0.446. The summed E-state index contributed by atoms with van der Waals surface area (Å²) < 4.78 is 0.755. The first-order valence-corrected chi connectivity index (χ1v) is 3.04. The van der Waals surface area contributed by atoms with Gasteiger partial charge in [-0.05, 0) is 19.4 Å². The Morgan fingerprint density at radius 3 is 2.43 bits per heavy atom. The van der Waals surface area contributed by atoms with Crippen LogP contribution in [-0.2, 0) is 0 Å². The first-order chi connectivity index (χ1) is 3.27. The summed E-state index contributed by atoms with van der Waals surface area (Å²) in [5.41, 5.74) is 5.18. The molecule has 0 unspecified atom stereocenters. The van der Waals surface area contributed by atoms with Crippen LogP contribution in [-0.4, -0.2) is 10.7 Å². The van der Waals surface area contributed by atoms with E-state index in [-0.39, 0.29) is 0 Å². The van der Waals surface area contributed by atoms with E-state index >= 15 is 0 Å². The highest BCUT2D eigenvalue weighted by atomic mass is 32.1. The molecule has 0 aromatic heterocycles. The predicted molar refractivity (Wildman–Crippen MR) is 39.9 cm³/mol. The number of hydrogen-bond donors (Lipinski definition) is 2. The van der Waals surface area contributed by atoms with Crippen molar-refractivity contribution in [1.29, 1.82) is 0 Å². The second kappa shape index (κ2) is 4.56. The molecule has 0 aromatic rings. The van der Waals surface area contributed by atoms with Crippen LogP contribution < -0.4 is 5.73 Å². The summed E-state index contributed by atoms with van der Waals surface area (Å²) in [5, 5.41) is 0. The third-order valence-corrected chi connectivity index (χ3v) is 1.02. The first-order valence-electron chi connectivity index (χ1n) is 2.19. The standard InChI is InChI=1S/C4H9NS2/c5-3-1-2-4(6)7/h1-3,5H2,(H,6,7). The van der Waals surface area contributed by atoms with Crippen LogP contribution in [0.15, 0.2) is 0 Å². The minimum absolute atomic E-state index is 0.709. The van der Waals surface area contributed by atoms with Crippen molar-refractivity contribution in [2.24, 2.45) is 5.73 Å². The lowest BCUT2D eigenvalue weighted by Gasteiger charge is -1.89. The van der Waals surface area contributed by atoms with Gasteiger partial charge in [-0.1, -0.05) is 12.2 Å². The molecule has 0 radical (unpaired) electrons. The summed E-state index contributed by atoms with van der Waals surface area (Å²) in [4.78, 5) is 0. The molecule has 0 fully saturated rings. The Bertz CT molecular complexity index is 62.7. The van der Waals surface area contributed by atoms with Gasteiger partial charge >= 0.3 is 0 Å². The van der Waals surface area contributed by atoms with E-state index in [0.717, 1.165) is 17.0 Å². The summed E-state index contributed by atoms with van der Waals surface area (Å²) in [7, 11) is 0. The zero-order valence-corrected chi connectivity index (χ0v) is 5.77. The molecule has 1 nitrogen and oxygen atoms in total. The highest BCUT2D eigenvalue weighted by Crippen LogP contribution is 1.93. The van der Waals surface area contributed by atoms with Crippen LogP contribution in [0.25, 0.3) is 0 Å². The number of thiol groups is 1. The summed E-state index contributed by atoms with van der Waals surface area (Å²) in [6, 6.07) is 0. The average Bonchev–Trinajstić information content (AvgIpc) is 1.61. The predicted octanol–water partition coefficient (Wildman–Crippen LogP) is 0.983. The number of nitrogens with two attached hydrogens (primary N) is 1. The monoisotopic (exact) mass is 135 g/mol. The molecule has 0 aromatic carbocycles. The maximum atomic E-state index is 5.18. The van der Waals surface area contributed by atoms with E-state index < -0.39 is 0 Å². The van der Waals surface area contributed by atoms with Crippen LogP contribution in [0.4, 0.5) is 0 Å². The van der Waals surface area contributed by atoms with Crippen LogP contribution in [0.1, 0.15) is 12.8 Å². The summed E-state index contributed by atoms with van der Waals surface area (Å²) in [5.74, 6) is 0. The molecule has 0 atom stereocenters. The molecular formula is C4H9NS2. The lowest BCUT2D eigenvalue weighted by molar-refractivity contribution is 0.888. The Hall–Kier alpha value is 0.400. The lowest BCUT2D eigenvalue weighted by atomic mass is 10.3. The van der Waals surface area contributed by atoms with Crippen molar-refractivity contribution in [2.75, 3.05) is 6.54 Å². The molecule has 0 aliphatic heterocycles. The maximum Gasteiger partial charge on any atom is 0.0448 e. The normalized spacial score (nSPS) is 8.86. The van der Waals surface area contributed by atoms with E-state index in [1.807, 2.05) is 0 Å². The average molecular weight is 135 g/mol. The minimum atomic E-state index is 0.709. The zero-order chi connectivity index (χ0) is 5.70. The Labute approximate surface area is 54.7 Å². The molecule has 0 spiro atoms. The SMILES string of the molecule is NCCCC(=S)S. The fourth-order valence-electron chi connectivity index (χ4n) is 0.253. The van der Waals surface area contributed by atoms with E-state index in [9.17, 15) is 0 Å². The van der Waals surface area contributed by atoms with Crippen molar-refractivity contribution in [3.05, 3.63) is 0 Å². The molecule has 0 saturated carbocycles. The molecule has 0 aliphatic rings. The molecule has 0 rings (SSSR count). The largest absolute Gasteiger partial charge is 0.330 e. The van der Waals surface area contributed by atoms with Crippen molar-refractivity contribution in [1.82, 2.24) is 0 Å². The number of hydrogen-bond acceptors (Lipinski definition) is 2. The van der Waals surface area contributed by atoms with Crippen molar-refractivity contribution in [3.8, 4) is 0 Å². The van der Waals surface area contributed by atoms with Gasteiger partial charge in [0, 0.05) is 4.20 Å².